The molecule has 124 valence electrons. The van der Waals surface area contributed by atoms with E-state index < -0.39 is 0 Å². The summed E-state index contributed by atoms with van der Waals surface area (Å²) in [6.07, 6.45) is 8.26. The standard InChI is InChI=1S/C19H22N4O/c1-2-16(18-4-5-22-19(18)3-1)13-23-8-9-24-14-15(12-23)10-17-11-20-6-7-21-17/h1-7,11,15,22H,8-10,12-14H2/t15-/m1/s1. The summed E-state index contributed by atoms with van der Waals surface area (Å²) in [5.74, 6) is 0.453. The van der Waals surface area contributed by atoms with E-state index in [1.807, 2.05) is 12.4 Å². The number of hydrogen-bond donors (Lipinski definition) is 1. The number of rotatable bonds is 4. The highest BCUT2D eigenvalue weighted by Crippen LogP contribution is 2.21. The maximum Gasteiger partial charge on any atom is 0.0593 e. The van der Waals surface area contributed by atoms with Gasteiger partial charge in [-0.05, 0) is 24.1 Å². The van der Waals surface area contributed by atoms with E-state index in [1.165, 1.54) is 16.5 Å². The first-order valence-electron chi connectivity index (χ1n) is 8.48. The fourth-order valence-electron chi connectivity index (χ4n) is 3.48. The lowest BCUT2D eigenvalue weighted by Crippen LogP contribution is -2.30. The topological polar surface area (TPSA) is 54.0 Å². The molecule has 3 aromatic rings. The number of ether oxygens (including phenoxy) is 1. The normalized spacial score (nSPS) is 19.4. The molecule has 1 atom stereocenters. The average molecular weight is 322 g/mol. The minimum Gasteiger partial charge on any atom is -0.380 e. The fourth-order valence-corrected chi connectivity index (χ4v) is 3.48. The molecule has 0 aliphatic carbocycles. The van der Waals surface area contributed by atoms with E-state index in [2.05, 4.69) is 44.1 Å². The van der Waals surface area contributed by atoms with Crippen LogP contribution in [0.3, 0.4) is 0 Å². The van der Waals surface area contributed by atoms with Crippen molar-refractivity contribution in [3.05, 3.63) is 60.3 Å². The van der Waals surface area contributed by atoms with Crippen LogP contribution in [-0.2, 0) is 17.7 Å². The van der Waals surface area contributed by atoms with Crippen LogP contribution >= 0.6 is 0 Å². The number of hydrogen-bond acceptors (Lipinski definition) is 4. The van der Waals surface area contributed by atoms with Gasteiger partial charge in [0.1, 0.15) is 0 Å². The van der Waals surface area contributed by atoms with E-state index in [9.17, 15) is 0 Å². The molecule has 1 aromatic carbocycles. The molecule has 1 aliphatic heterocycles. The second-order valence-corrected chi connectivity index (χ2v) is 6.43. The minimum absolute atomic E-state index is 0.453. The van der Waals surface area contributed by atoms with E-state index in [-0.39, 0.29) is 0 Å². The molecular formula is C19H22N4O. The lowest BCUT2D eigenvalue weighted by atomic mass is 10.0. The lowest BCUT2D eigenvalue weighted by Gasteiger charge is -2.23. The van der Waals surface area contributed by atoms with Gasteiger partial charge in [0.15, 0.2) is 0 Å². The SMILES string of the molecule is c1cc(CN2CCOC[C@H](Cc3cnccn3)C2)c2cc[nH]c2c1. The Bertz CT molecular complexity index is 786. The van der Waals surface area contributed by atoms with Gasteiger partial charge in [0, 0.05) is 61.2 Å². The highest BCUT2D eigenvalue weighted by molar-refractivity contribution is 5.82. The van der Waals surface area contributed by atoms with Crippen molar-refractivity contribution in [2.24, 2.45) is 5.92 Å². The number of benzene rings is 1. The van der Waals surface area contributed by atoms with Crippen molar-refractivity contribution in [2.45, 2.75) is 13.0 Å². The van der Waals surface area contributed by atoms with E-state index in [1.54, 1.807) is 12.4 Å². The zero-order chi connectivity index (χ0) is 16.2. The summed E-state index contributed by atoms with van der Waals surface area (Å²) in [6, 6.07) is 8.64. The summed E-state index contributed by atoms with van der Waals surface area (Å²) in [6.45, 7) is 4.53. The van der Waals surface area contributed by atoms with Gasteiger partial charge < -0.3 is 9.72 Å². The molecular weight excluding hydrogens is 300 g/mol. The number of H-pyrrole nitrogens is 1. The first-order valence-corrected chi connectivity index (χ1v) is 8.48. The zero-order valence-corrected chi connectivity index (χ0v) is 13.7. The monoisotopic (exact) mass is 322 g/mol. The Labute approximate surface area is 141 Å². The predicted molar refractivity (Wildman–Crippen MR) is 93.6 cm³/mol. The van der Waals surface area contributed by atoms with Gasteiger partial charge >= 0.3 is 0 Å². The molecule has 5 nitrogen and oxygen atoms in total. The average Bonchev–Trinajstić information content (AvgIpc) is 2.99. The van der Waals surface area contributed by atoms with Crippen LogP contribution in [0.15, 0.2) is 49.1 Å². The Balaban J connectivity index is 1.47. The second kappa shape index (κ2) is 7.11. The molecule has 0 unspecified atom stereocenters. The molecule has 0 bridgehead atoms. The van der Waals surface area contributed by atoms with Crippen molar-refractivity contribution in [1.29, 1.82) is 0 Å². The molecule has 0 spiro atoms. The van der Waals surface area contributed by atoms with E-state index in [0.717, 1.165) is 45.0 Å². The van der Waals surface area contributed by atoms with Crippen molar-refractivity contribution in [2.75, 3.05) is 26.3 Å². The van der Waals surface area contributed by atoms with Crippen LogP contribution in [0.25, 0.3) is 10.9 Å². The highest BCUT2D eigenvalue weighted by atomic mass is 16.5. The van der Waals surface area contributed by atoms with E-state index in [4.69, 9.17) is 4.74 Å². The third-order valence-corrected chi connectivity index (χ3v) is 4.62. The Hall–Kier alpha value is -2.24. The Morgan fingerprint density at radius 3 is 3.17 bits per heavy atom. The summed E-state index contributed by atoms with van der Waals surface area (Å²) in [5.41, 5.74) is 3.62. The molecule has 0 radical (unpaired) electrons. The van der Waals surface area contributed by atoms with Gasteiger partial charge in [0.05, 0.1) is 18.9 Å². The van der Waals surface area contributed by atoms with Crippen molar-refractivity contribution in [1.82, 2.24) is 19.9 Å². The van der Waals surface area contributed by atoms with Gasteiger partial charge in [-0.25, -0.2) is 0 Å². The maximum absolute atomic E-state index is 5.82. The van der Waals surface area contributed by atoms with Crippen molar-refractivity contribution >= 4 is 10.9 Å². The van der Waals surface area contributed by atoms with Crippen molar-refractivity contribution < 1.29 is 4.74 Å². The molecule has 0 amide bonds. The van der Waals surface area contributed by atoms with E-state index >= 15 is 0 Å². The maximum atomic E-state index is 5.82. The highest BCUT2D eigenvalue weighted by Gasteiger charge is 2.20. The molecule has 1 aliphatic rings. The zero-order valence-electron chi connectivity index (χ0n) is 13.7. The van der Waals surface area contributed by atoms with Gasteiger partial charge in [-0.3, -0.25) is 14.9 Å². The van der Waals surface area contributed by atoms with Crippen LogP contribution < -0.4 is 0 Å². The van der Waals surface area contributed by atoms with Crippen LogP contribution in [0.4, 0.5) is 0 Å². The first kappa shape index (κ1) is 15.3. The van der Waals surface area contributed by atoms with E-state index in [0.29, 0.717) is 5.92 Å². The predicted octanol–water partition coefficient (Wildman–Crippen LogP) is 2.65. The Kier molecular flexibility index (Phi) is 4.53. The lowest BCUT2D eigenvalue weighted by molar-refractivity contribution is 0.121. The first-order chi connectivity index (χ1) is 11.9. The number of aromatic amines is 1. The van der Waals surface area contributed by atoms with Crippen molar-refractivity contribution in [3.8, 4) is 0 Å². The largest absolute Gasteiger partial charge is 0.380 e. The number of nitrogens with zero attached hydrogens (tertiary/aromatic N) is 3. The molecule has 1 N–H and O–H groups in total. The molecule has 0 saturated carbocycles. The third kappa shape index (κ3) is 3.47. The van der Waals surface area contributed by atoms with Gasteiger partial charge in [0.2, 0.25) is 0 Å². The molecule has 2 aromatic heterocycles. The summed E-state index contributed by atoms with van der Waals surface area (Å²) in [5, 5.41) is 1.31. The van der Waals surface area contributed by atoms with Gasteiger partial charge in [-0.1, -0.05) is 12.1 Å². The van der Waals surface area contributed by atoms with Crippen LogP contribution in [0.2, 0.25) is 0 Å². The third-order valence-electron chi connectivity index (χ3n) is 4.62. The summed E-state index contributed by atoms with van der Waals surface area (Å²) < 4.78 is 5.82. The van der Waals surface area contributed by atoms with Gasteiger partial charge in [-0.2, -0.15) is 0 Å². The molecule has 24 heavy (non-hydrogen) atoms. The molecule has 4 rings (SSSR count). The molecule has 1 fully saturated rings. The Morgan fingerprint density at radius 1 is 1.25 bits per heavy atom. The number of fused-ring (bicyclic) bond motifs is 1. The molecule has 1 saturated heterocycles. The number of aromatic nitrogens is 3. The van der Waals surface area contributed by atoms with Crippen LogP contribution in [-0.4, -0.2) is 46.2 Å². The van der Waals surface area contributed by atoms with Crippen LogP contribution in [0, 0.1) is 5.92 Å². The quantitative estimate of drug-likeness (QED) is 0.802. The fraction of sp³-hybridized carbons (Fsp3) is 0.368. The van der Waals surface area contributed by atoms with Gasteiger partial charge in [-0.15, -0.1) is 0 Å². The van der Waals surface area contributed by atoms with Crippen LogP contribution in [0.1, 0.15) is 11.3 Å². The second-order valence-electron chi connectivity index (χ2n) is 6.43. The summed E-state index contributed by atoms with van der Waals surface area (Å²) in [7, 11) is 0. The summed E-state index contributed by atoms with van der Waals surface area (Å²) in [4.78, 5) is 14.4. The summed E-state index contributed by atoms with van der Waals surface area (Å²) >= 11 is 0. The molecule has 3 heterocycles. The van der Waals surface area contributed by atoms with Crippen molar-refractivity contribution in [3.63, 3.8) is 0 Å². The number of nitrogens with one attached hydrogen (secondary N) is 1. The minimum atomic E-state index is 0.453. The molecule has 5 heteroatoms. The van der Waals surface area contributed by atoms with Gasteiger partial charge in [0.25, 0.3) is 0 Å². The smallest absolute Gasteiger partial charge is 0.0593 e. The van der Waals surface area contributed by atoms with Crippen LogP contribution in [0.5, 0.6) is 0 Å². The Morgan fingerprint density at radius 2 is 2.25 bits per heavy atom.